The van der Waals surface area contributed by atoms with Crippen LogP contribution in [-0.2, 0) is 4.74 Å². The van der Waals surface area contributed by atoms with Crippen molar-refractivity contribution in [2.75, 3.05) is 24.3 Å². The molecule has 82 valence electrons. The predicted molar refractivity (Wildman–Crippen MR) is 60.7 cm³/mol. The first-order valence-electron chi connectivity index (χ1n) is 5.26. The van der Waals surface area contributed by atoms with Gasteiger partial charge in [0, 0.05) is 12.8 Å². The van der Waals surface area contributed by atoms with Gasteiger partial charge < -0.3 is 15.8 Å². The zero-order valence-electron chi connectivity index (χ0n) is 8.99. The molecular formula is C11H17N3O. The van der Waals surface area contributed by atoms with E-state index in [1.807, 2.05) is 12.1 Å². The third kappa shape index (κ3) is 2.39. The number of ether oxygens (including phenoxy) is 1. The lowest BCUT2D eigenvalue weighted by molar-refractivity contribution is 0.0540. The number of nitrogens with one attached hydrogen (secondary N) is 1. The van der Waals surface area contributed by atoms with Crippen LogP contribution in [-0.4, -0.2) is 23.7 Å². The normalized spacial score (nSPS) is 26.2. The number of nitrogen functional groups attached to an aromatic ring is 1. The highest BCUT2D eigenvalue weighted by Gasteiger charge is 2.27. The van der Waals surface area contributed by atoms with Gasteiger partial charge >= 0.3 is 0 Å². The molecule has 4 nitrogen and oxygen atoms in total. The Morgan fingerprint density at radius 2 is 2.47 bits per heavy atom. The number of aromatic nitrogens is 1. The van der Waals surface area contributed by atoms with E-state index in [9.17, 15) is 0 Å². The molecule has 3 N–H and O–H groups in total. The van der Waals surface area contributed by atoms with Crippen molar-refractivity contribution in [2.24, 2.45) is 0 Å². The molecule has 15 heavy (non-hydrogen) atoms. The van der Waals surface area contributed by atoms with Gasteiger partial charge in [-0.05, 0) is 31.9 Å². The molecule has 0 radical (unpaired) electrons. The van der Waals surface area contributed by atoms with Crippen molar-refractivity contribution >= 4 is 11.5 Å². The molecule has 2 heterocycles. The molecule has 1 saturated heterocycles. The van der Waals surface area contributed by atoms with Crippen molar-refractivity contribution in [2.45, 2.75) is 25.3 Å². The molecule has 0 saturated carbocycles. The van der Waals surface area contributed by atoms with E-state index in [1.165, 1.54) is 0 Å². The van der Waals surface area contributed by atoms with Gasteiger partial charge in [-0.15, -0.1) is 0 Å². The molecule has 1 aromatic rings. The smallest absolute Gasteiger partial charge is 0.146 e. The highest BCUT2D eigenvalue weighted by atomic mass is 16.5. The fraction of sp³-hybridized carbons (Fsp3) is 0.545. The van der Waals surface area contributed by atoms with Gasteiger partial charge in [0.1, 0.15) is 5.82 Å². The molecule has 0 aliphatic carbocycles. The van der Waals surface area contributed by atoms with E-state index < -0.39 is 0 Å². The van der Waals surface area contributed by atoms with Crippen LogP contribution in [0.3, 0.4) is 0 Å². The number of nitrogens with zero attached hydrogens (tertiary/aromatic N) is 1. The summed E-state index contributed by atoms with van der Waals surface area (Å²) in [6, 6.07) is 3.83. The lowest BCUT2D eigenvalue weighted by Gasteiger charge is -2.35. The number of rotatable bonds is 2. The van der Waals surface area contributed by atoms with Gasteiger partial charge in [0.2, 0.25) is 0 Å². The fourth-order valence-electron chi connectivity index (χ4n) is 1.88. The Labute approximate surface area is 89.8 Å². The first-order chi connectivity index (χ1) is 7.20. The Hall–Kier alpha value is -1.29. The van der Waals surface area contributed by atoms with Crippen LogP contribution in [0.15, 0.2) is 18.3 Å². The molecular weight excluding hydrogens is 190 g/mol. The number of pyridine rings is 1. The summed E-state index contributed by atoms with van der Waals surface area (Å²) in [6.07, 6.45) is 3.88. The third-order valence-corrected chi connectivity index (χ3v) is 2.71. The molecule has 0 amide bonds. The Bertz CT molecular complexity index is 334. The average molecular weight is 207 g/mol. The molecule has 0 spiro atoms. The van der Waals surface area contributed by atoms with Crippen molar-refractivity contribution in [1.82, 2.24) is 4.98 Å². The summed E-state index contributed by atoms with van der Waals surface area (Å²) in [7, 11) is 0. The van der Waals surface area contributed by atoms with Gasteiger partial charge in [0.05, 0.1) is 17.8 Å². The maximum Gasteiger partial charge on any atom is 0.146 e. The summed E-state index contributed by atoms with van der Waals surface area (Å²) in [5.41, 5.74) is 6.66. The summed E-state index contributed by atoms with van der Waals surface area (Å²) in [5.74, 6) is 0.546. The van der Waals surface area contributed by atoms with Gasteiger partial charge in [0.25, 0.3) is 0 Å². The lowest BCUT2D eigenvalue weighted by atomic mass is 9.94. The molecule has 1 aliphatic rings. The summed E-state index contributed by atoms with van der Waals surface area (Å²) < 4.78 is 5.47. The number of nitrogens with two attached hydrogens (primary N) is 1. The number of anilines is 2. The van der Waals surface area contributed by atoms with Gasteiger partial charge in [-0.3, -0.25) is 0 Å². The van der Waals surface area contributed by atoms with Crippen LogP contribution in [0.2, 0.25) is 0 Å². The monoisotopic (exact) mass is 207 g/mol. The molecule has 1 aromatic heterocycles. The van der Waals surface area contributed by atoms with Crippen LogP contribution in [0.1, 0.15) is 19.8 Å². The second-order valence-electron chi connectivity index (χ2n) is 4.28. The van der Waals surface area contributed by atoms with Crippen molar-refractivity contribution in [3.05, 3.63) is 18.3 Å². The van der Waals surface area contributed by atoms with Crippen LogP contribution >= 0.6 is 0 Å². The third-order valence-electron chi connectivity index (χ3n) is 2.71. The summed E-state index contributed by atoms with van der Waals surface area (Å²) >= 11 is 0. The minimum absolute atomic E-state index is 0.0184. The predicted octanol–water partition coefficient (Wildman–Crippen LogP) is 1.64. The summed E-state index contributed by atoms with van der Waals surface area (Å²) in [5, 5.41) is 3.41. The van der Waals surface area contributed by atoms with Crippen molar-refractivity contribution in [1.29, 1.82) is 0 Å². The molecule has 1 unspecified atom stereocenters. The molecule has 0 aromatic carbocycles. The second kappa shape index (κ2) is 4.06. The van der Waals surface area contributed by atoms with Crippen LogP contribution < -0.4 is 11.1 Å². The molecule has 1 fully saturated rings. The second-order valence-corrected chi connectivity index (χ2v) is 4.28. The largest absolute Gasteiger partial charge is 0.382 e. The summed E-state index contributed by atoms with van der Waals surface area (Å²) in [6.45, 7) is 3.74. The van der Waals surface area contributed by atoms with E-state index in [-0.39, 0.29) is 5.54 Å². The van der Waals surface area contributed by atoms with Gasteiger partial charge in [-0.1, -0.05) is 0 Å². The summed E-state index contributed by atoms with van der Waals surface area (Å²) in [4.78, 5) is 4.05. The Morgan fingerprint density at radius 3 is 3.13 bits per heavy atom. The topological polar surface area (TPSA) is 60.2 Å². The van der Waals surface area contributed by atoms with Crippen molar-refractivity contribution < 1.29 is 4.74 Å². The molecule has 1 aliphatic heterocycles. The highest BCUT2D eigenvalue weighted by Crippen LogP contribution is 2.26. The SMILES string of the molecule is CC1(Nc2cccnc2N)CCCOC1. The van der Waals surface area contributed by atoms with Crippen LogP contribution in [0.5, 0.6) is 0 Å². The Balaban J connectivity index is 2.10. The van der Waals surface area contributed by atoms with E-state index in [0.29, 0.717) is 5.82 Å². The molecule has 2 rings (SSSR count). The van der Waals surface area contributed by atoms with Gasteiger partial charge in [-0.2, -0.15) is 0 Å². The van der Waals surface area contributed by atoms with Gasteiger partial charge in [0.15, 0.2) is 0 Å². The van der Waals surface area contributed by atoms with Crippen LogP contribution in [0.4, 0.5) is 11.5 Å². The average Bonchev–Trinajstić information content (AvgIpc) is 2.22. The highest BCUT2D eigenvalue weighted by molar-refractivity contribution is 5.62. The van der Waals surface area contributed by atoms with Crippen LogP contribution in [0.25, 0.3) is 0 Å². The van der Waals surface area contributed by atoms with E-state index in [1.54, 1.807) is 6.20 Å². The lowest BCUT2D eigenvalue weighted by Crippen LogP contribution is -2.43. The first kappa shape index (κ1) is 10.2. The Kier molecular flexibility index (Phi) is 2.77. The standard InChI is InChI=1S/C11H17N3O/c1-11(5-3-7-15-8-11)14-9-4-2-6-13-10(9)12/h2,4,6,14H,3,5,7-8H2,1H3,(H2,12,13). The first-order valence-corrected chi connectivity index (χ1v) is 5.26. The Morgan fingerprint density at radius 1 is 1.60 bits per heavy atom. The fourth-order valence-corrected chi connectivity index (χ4v) is 1.88. The van der Waals surface area contributed by atoms with E-state index in [0.717, 1.165) is 31.7 Å². The minimum Gasteiger partial charge on any atom is -0.382 e. The quantitative estimate of drug-likeness (QED) is 0.774. The zero-order chi connectivity index (χ0) is 10.7. The number of hydrogen-bond donors (Lipinski definition) is 2. The van der Waals surface area contributed by atoms with Crippen molar-refractivity contribution in [3.8, 4) is 0 Å². The molecule has 4 heteroatoms. The van der Waals surface area contributed by atoms with Crippen molar-refractivity contribution in [3.63, 3.8) is 0 Å². The minimum atomic E-state index is -0.0184. The van der Waals surface area contributed by atoms with E-state index in [4.69, 9.17) is 10.5 Å². The van der Waals surface area contributed by atoms with E-state index in [2.05, 4.69) is 17.2 Å². The van der Waals surface area contributed by atoms with Gasteiger partial charge in [-0.25, -0.2) is 4.98 Å². The maximum atomic E-state index is 5.78. The van der Waals surface area contributed by atoms with Crippen LogP contribution in [0, 0.1) is 0 Å². The zero-order valence-corrected chi connectivity index (χ0v) is 8.99. The molecule has 0 bridgehead atoms. The van der Waals surface area contributed by atoms with E-state index >= 15 is 0 Å². The maximum absolute atomic E-state index is 5.78. The molecule has 1 atom stereocenters. The number of hydrogen-bond acceptors (Lipinski definition) is 4.